The fraction of sp³-hybridized carbons (Fsp3) is 0.235. The zero-order chi connectivity index (χ0) is 14.8. The molecule has 3 nitrogen and oxygen atoms in total. The number of carbonyl (C=O) groups is 1. The van der Waals surface area contributed by atoms with Gasteiger partial charge in [0.05, 0.1) is 13.0 Å². The lowest BCUT2D eigenvalue weighted by Gasteiger charge is -2.09. The molecule has 0 atom stereocenters. The van der Waals surface area contributed by atoms with Gasteiger partial charge in [-0.2, -0.15) is 0 Å². The van der Waals surface area contributed by atoms with Crippen LogP contribution in [0.2, 0.25) is 5.02 Å². The molecule has 0 radical (unpaired) electrons. The van der Waals surface area contributed by atoms with E-state index < -0.39 is 0 Å². The number of rotatable bonds is 3. The number of carbonyl (C=O) groups excluding carboxylic acids is 1. The summed E-state index contributed by atoms with van der Waals surface area (Å²) in [7, 11) is 0. The summed E-state index contributed by atoms with van der Waals surface area (Å²) in [4.78, 5) is 12.1. The lowest BCUT2D eigenvalue weighted by Crippen LogP contribution is -2.15. The molecule has 1 aliphatic rings. The van der Waals surface area contributed by atoms with Crippen LogP contribution >= 0.6 is 11.6 Å². The predicted octanol–water partition coefficient (Wildman–Crippen LogP) is 3.76. The largest absolute Gasteiger partial charge is 0.493 e. The van der Waals surface area contributed by atoms with Gasteiger partial charge in [-0.25, -0.2) is 0 Å². The van der Waals surface area contributed by atoms with Gasteiger partial charge in [0.2, 0.25) is 5.91 Å². The van der Waals surface area contributed by atoms with E-state index in [-0.39, 0.29) is 5.91 Å². The first-order valence-electron chi connectivity index (χ1n) is 6.92. The van der Waals surface area contributed by atoms with Crippen molar-refractivity contribution < 1.29 is 9.53 Å². The van der Waals surface area contributed by atoms with Gasteiger partial charge in [0.15, 0.2) is 0 Å². The highest BCUT2D eigenvalue weighted by molar-refractivity contribution is 6.30. The molecule has 1 N–H and O–H groups in total. The predicted molar refractivity (Wildman–Crippen MR) is 84.2 cm³/mol. The summed E-state index contributed by atoms with van der Waals surface area (Å²) in [6.45, 7) is 2.66. The van der Waals surface area contributed by atoms with Gasteiger partial charge in [-0.3, -0.25) is 4.79 Å². The number of amides is 1. The van der Waals surface area contributed by atoms with Crippen LogP contribution in [0.3, 0.4) is 0 Å². The molecule has 0 fully saturated rings. The van der Waals surface area contributed by atoms with Crippen LogP contribution in [0.4, 0.5) is 5.69 Å². The monoisotopic (exact) mass is 301 g/mol. The minimum absolute atomic E-state index is 0.0284. The normalized spacial score (nSPS) is 12.7. The first-order chi connectivity index (χ1) is 10.1. The third-order valence-corrected chi connectivity index (χ3v) is 3.82. The molecule has 1 aliphatic heterocycles. The van der Waals surface area contributed by atoms with Gasteiger partial charge in [-0.15, -0.1) is 0 Å². The highest BCUT2D eigenvalue weighted by atomic mass is 35.5. The summed E-state index contributed by atoms with van der Waals surface area (Å²) in [5.41, 5.74) is 3.94. The van der Waals surface area contributed by atoms with E-state index in [9.17, 15) is 4.79 Å². The third-order valence-electron chi connectivity index (χ3n) is 3.58. The molecule has 2 aromatic carbocycles. The van der Waals surface area contributed by atoms with Gasteiger partial charge in [-0.05, 0) is 47.9 Å². The van der Waals surface area contributed by atoms with E-state index in [2.05, 4.69) is 11.4 Å². The molecule has 21 heavy (non-hydrogen) atoms. The number of benzene rings is 2. The zero-order valence-corrected chi connectivity index (χ0v) is 12.5. The summed E-state index contributed by atoms with van der Waals surface area (Å²) < 4.78 is 5.47. The summed E-state index contributed by atoms with van der Waals surface area (Å²) in [6.07, 6.45) is 1.27. The Morgan fingerprint density at radius 1 is 1.29 bits per heavy atom. The molecule has 0 spiro atoms. The second kappa shape index (κ2) is 5.78. The molecular formula is C17H16ClNO2. The lowest BCUT2D eigenvalue weighted by molar-refractivity contribution is -0.115. The van der Waals surface area contributed by atoms with Crippen molar-refractivity contribution in [3.05, 3.63) is 58.1 Å². The van der Waals surface area contributed by atoms with E-state index in [1.807, 2.05) is 31.2 Å². The lowest BCUT2D eigenvalue weighted by atomic mass is 10.1. The molecule has 1 heterocycles. The second-order valence-corrected chi connectivity index (χ2v) is 5.66. The number of hydrogen-bond acceptors (Lipinski definition) is 2. The van der Waals surface area contributed by atoms with E-state index in [0.29, 0.717) is 11.4 Å². The van der Waals surface area contributed by atoms with Crippen molar-refractivity contribution in [1.29, 1.82) is 0 Å². The van der Waals surface area contributed by atoms with Crippen LogP contribution in [0.15, 0.2) is 36.4 Å². The van der Waals surface area contributed by atoms with Crippen LogP contribution in [-0.2, 0) is 17.6 Å². The number of ether oxygens (including phenoxy) is 1. The van der Waals surface area contributed by atoms with Crippen molar-refractivity contribution in [2.24, 2.45) is 0 Å². The third kappa shape index (κ3) is 3.19. The van der Waals surface area contributed by atoms with Crippen molar-refractivity contribution >= 4 is 23.2 Å². The van der Waals surface area contributed by atoms with Crippen LogP contribution in [0.25, 0.3) is 0 Å². The highest BCUT2D eigenvalue weighted by Crippen LogP contribution is 2.26. The minimum Gasteiger partial charge on any atom is -0.493 e. The quantitative estimate of drug-likeness (QED) is 0.937. The van der Waals surface area contributed by atoms with Gasteiger partial charge in [0, 0.05) is 17.1 Å². The fourth-order valence-electron chi connectivity index (χ4n) is 2.50. The Hall–Kier alpha value is -2.00. The van der Waals surface area contributed by atoms with Crippen molar-refractivity contribution in [3.63, 3.8) is 0 Å². The minimum atomic E-state index is -0.0284. The maximum Gasteiger partial charge on any atom is 0.228 e. The SMILES string of the molecule is Cc1cc(Cl)ccc1NC(=O)Cc1ccc2c(c1)CCO2. The number of hydrogen-bond donors (Lipinski definition) is 1. The molecule has 0 bridgehead atoms. The Morgan fingerprint density at radius 2 is 2.14 bits per heavy atom. The molecule has 108 valence electrons. The maximum atomic E-state index is 12.1. The molecule has 0 aromatic heterocycles. The van der Waals surface area contributed by atoms with Gasteiger partial charge < -0.3 is 10.1 Å². The second-order valence-electron chi connectivity index (χ2n) is 5.22. The number of anilines is 1. The Balaban J connectivity index is 1.69. The summed E-state index contributed by atoms with van der Waals surface area (Å²) >= 11 is 5.91. The van der Waals surface area contributed by atoms with E-state index in [4.69, 9.17) is 16.3 Å². The average Bonchev–Trinajstić information content (AvgIpc) is 2.89. The number of halogens is 1. The van der Waals surface area contributed by atoms with Crippen LogP contribution in [0, 0.1) is 6.92 Å². The van der Waals surface area contributed by atoms with Gasteiger partial charge in [0.1, 0.15) is 5.75 Å². The van der Waals surface area contributed by atoms with Crippen molar-refractivity contribution in [2.75, 3.05) is 11.9 Å². The Morgan fingerprint density at radius 3 is 2.95 bits per heavy atom. The van der Waals surface area contributed by atoms with Gasteiger partial charge in [0.25, 0.3) is 0 Å². The molecule has 4 heteroatoms. The molecular weight excluding hydrogens is 286 g/mol. The average molecular weight is 302 g/mol. The van der Waals surface area contributed by atoms with Crippen LogP contribution in [0.5, 0.6) is 5.75 Å². The van der Waals surface area contributed by atoms with Crippen molar-refractivity contribution in [1.82, 2.24) is 0 Å². The van der Waals surface area contributed by atoms with Gasteiger partial charge in [-0.1, -0.05) is 23.7 Å². The smallest absolute Gasteiger partial charge is 0.228 e. The van der Waals surface area contributed by atoms with Crippen molar-refractivity contribution in [3.8, 4) is 5.75 Å². The molecule has 0 saturated carbocycles. The molecule has 0 saturated heterocycles. The highest BCUT2D eigenvalue weighted by Gasteiger charge is 2.13. The molecule has 0 unspecified atom stereocenters. The molecule has 0 aliphatic carbocycles. The number of fused-ring (bicyclic) bond motifs is 1. The van der Waals surface area contributed by atoms with Gasteiger partial charge >= 0.3 is 0 Å². The van der Waals surface area contributed by atoms with E-state index in [0.717, 1.165) is 35.6 Å². The fourth-order valence-corrected chi connectivity index (χ4v) is 2.72. The molecule has 1 amide bonds. The number of nitrogens with one attached hydrogen (secondary N) is 1. The first kappa shape index (κ1) is 14.0. The van der Waals surface area contributed by atoms with Crippen molar-refractivity contribution in [2.45, 2.75) is 19.8 Å². The molecule has 3 rings (SSSR count). The van der Waals surface area contributed by atoms with Crippen LogP contribution < -0.4 is 10.1 Å². The summed E-state index contributed by atoms with van der Waals surface area (Å²) in [5.74, 6) is 0.909. The van der Waals surface area contributed by atoms with E-state index in [1.165, 1.54) is 5.56 Å². The van der Waals surface area contributed by atoms with E-state index in [1.54, 1.807) is 6.07 Å². The first-order valence-corrected chi connectivity index (χ1v) is 7.30. The standard InChI is InChI=1S/C17H16ClNO2/c1-11-8-14(18)3-4-15(11)19-17(20)10-12-2-5-16-13(9-12)6-7-21-16/h2-5,8-9H,6-7,10H2,1H3,(H,19,20). The number of aryl methyl sites for hydroxylation is 1. The molecule has 2 aromatic rings. The maximum absolute atomic E-state index is 12.1. The van der Waals surface area contributed by atoms with Crippen LogP contribution in [0.1, 0.15) is 16.7 Å². The zero-order valence-electron chi connectivity index (χ0n) is 11.8. The Kier molecular flexibility index (Phi) is 3.84. The summed E-state index contributed by atoms with van der Waals surface area (Å²) in [5, 5.41) is 3.60. The Labute approximate surface area is 128 Å². The topological polar surface area (TPSA) is 38.3 Å². The Bertz CT molecular complexity index is 697. The van der Waals surface area contributed by atoms with E-state index >= 15 is 0 Å². The van der Waals surface area contributed by atoms with Crippen LogP contribution in [-0.4, -0.2) is 12.5 Å². The summed E-state index contributed by atoms with van der Waals surface area (Å²) in [6, 6.07) is 11.4.